The molecule has 2 nitrogen and oxygen atoms in total. The summed E-state index contributed by atoms with van der Waals surface area (Å²) < 4.78 is 0.779. The SMILES string of the molecule is C=C(C)C1([N+](C)(C)C)NC1=S. The number of nitrogens with one attached hydrogen (secondary N) is 1. The summed E-state index contributed by atoms with van der Waals surface area (Å²) >= 11 is 5.12. The summed E-state index contributed by atoms with van der Waals surface area (Å²) in [5, 5.41) is 3.19. The second-order valence-corrected chi connectivity index (χ2v) is 4.37. The third-order valence-electron chi connectivity index (χ3n) is 2.18. The normalized spacial score (nSPS) is 29.6. The Morgan fingerprint density at radius 2 is 1.91 bits per heavy atom. The molecular formula is C8H15N2S+. The maximum Gasteiger partial charge on any atom is 0.246 e. The number of hydrogen-bond acceptors (Lipinski definition) is 1. The molecule has 0 amide bonds. The molecule has 1 unspecified atom stereocenters. The third-order valence-corrected chi connectivity index (χ3v) is 2.58. The van der Waals surface area contributed by atoms with Gasteiger partial charge in [-0.3, -0.25) is 4.48 Å². The van der Waals surface area contributed by atoms with Gasteiger partial charge in [0.15, 0.2) is 4.99 Å². The number of nitrogens with zero attached hydrogens (tertiary/aromatic N) is 1. The number of likely N-dealkylation sites (N-methyl/N-ethyl adjacent to an activating group) is 1. The first-order chi connectivity index (χ1) is 4.82. The van der Waals surface area contributed by atoms with E-state index >= 15 is 0 Å². The van der Waals surface area contributed by atoms with Gasteiger partial charge in [0, 0.05) is 5.57 Å². The lowest BCUT2D eigenvalue weighted by atomic mass is 10.1. The smallest absolute Gasteiger partial charge is 0.246 e. The van der Waals surface area contributed by atoms with Crippen molar-refractivity contribution in [1.29, 1.82) is 0 Å². The fourth-order valence-corrected chi connectivity index (χ4v) is 2.07. The molecule has 1 aliphatic rings. The largest absolute Gasteiger partial charge is 0.311 e. The Balaban J connectivity index is 2.98. The van der Waals surface area contributed by atoms with E-state index in [1.165, 1.54) is 0 Å². The molecule has 0 saturated carbocycles. The van der Waals surface area contributed by atoms with Crippen LogP contribution in [0.4, 0.5) is 0 Å². The molecule has 1 N–H and O–H groups in total. The average molecular weight is 171 g/mol. The van der Waals surface area contributed by atoms with Crippen LogP contribution in [0.15, 0.2) is 12.2 Å². The molecule has 1 rings (SSSR count). The molecule has 0 aromatic carbocycles. The van der Waals surface area contributed by atoms with Crippen molar-refractivity contribution < 1.29 is 4.48 Å². The Morgan fingerprint density at radius 1 is 1.55 bits per heavy atom. The van der Waals surface area contributed by atoms with Gasteiger partial charge in [-0.1, -0.05) is 18.8 Å². The lowest BCUT2D eigenvalue weighted by Gasteiger charge is -2.31. The highest BCUT2D eigenvalue weighted by molar-refractivity contribution is 7.81. The summed E-state index contributed by atoms with van der Waals surface area (Å²) in [4.78, 5) is 0.914. The molecular weight excluding hydrogens is 156 g/mol. The number of thiocarbonyl (C=S) groups is 1. The van der Waals surface area contributed by atoms with E-state index in [4.69, 9.17) is 12.2 Å². The molecule has 0 aromatic rings. The van der Waals surface area contributed by atoms with Crippen LogP contribution in [0.3, 0.4) is 0 Å². The third kappa shape index (κ3) is 0.993. The van der Waals surface area contributed by atoms with Crippen LogP contribution >= 0.6 is 12.2 Å². The molecule has 11 heavy (non-hydrogen) atoms. The fourth-order valence-electron chi connectivity index (χ4n) is 1.48. The van der Waals surface area contributed by atoms with Crippen molar-refractivity contribution in [2.24, 2.45) is 0 Å². The van der Waals surface area contributed by atoms with Crippen molar-refractivity contribution >= 4 is 17.2 Å². The molecule has 0 spiro atoms. The molecule has 0 aromatic heterocycles. The van der Waals surface area contributed by atoms with Gasteiger partial charge in [-0.15, -0.1) is 0 Å². The Kier molecular flexibility index (Phi) is 1.62. The van der Waals surface area contributed by atoms with Gasteiger partial charge in [-0.25, -0.2) is 0 Å². The first-order valence-electron chi connectivity index (χ1n) is 3.62. The highest BCUT2D eigenvalue weighted by atomic mass is 32.1. The number of rotatable bonds is 2. The van der Waals surface area contributed by atoms with Gasteiger partial charge >= 0.3 is 0 Å². The number of quaternary nitrogens is 1. The summed E-state index contributed by atoms with van der Waals surface area (Å²) in [7, 11) is 6.34. The van der Waals surface area contributed by atoms with Gasteiger partial charge in [0.1, 0.15) is 0 Å². The molecule has 3 heteroatoms. The highest BCUT2D eigenvalue weighted by Crippen LogP contribution is 2.34. The van der Waals surface area contributed by atoms with Crippen molar-refractivity contribution in [1.82, 2.24) is 5.32 Å². The minimum Gasteiger partial charge on any atom is -0.311 e. The quantitative estimate of drug-likeness (QED) is 0.288. The van der Waals surface area contributed by atoms with E-state index in [9.17, 15) is 0 Å². The number of hydrogen-bond donors (Lipinski definition) is 1. The van der Waals surface area contributed by atoms with Crippen LogP contribution in [0.1, 0.15) is 6.92 Å². The zero-order valence-electron chi connectivity index (χ0n) is 7.56. The standard InChI is InChI=1S/C8H14N2S/c1-6(2)8(7(11)9-8)10(3,4)5/h1H2,2-5H3/p+1. The van der Waals surface area contributed by atoms with Crippen molar-refractivity contribution in [3.63, 3.8) is 0 Å². The Hall–Kier alpha value is -0.410. The average Bonchev–Trinajstić information content (AvgIpc) is 2.39. The first-order valence-corrected chi connectivity index (χ1v) is 4.03. The van der Waals surface area contributed by atoms with Crippen LogP contribution in [0.25, 0.3) is 0 Å². The van der Waals surface area contributed by atoms with Gasteiger partial charge in [0.05, 0.1) is 21.1 Å². The van der Waals surface area contributed by atoms with Crippen molar-refractivity contribution in [3.05, 3.63) is 12.2 Å². The second kappa shape index (κ2) is 2.05. The van der Waals surface area contributed by atoms with Crippen LogP contribution in [0.5, 0.6) is 0 Å². The van der Waals surface area contributed by atoms with Crippen LogP contribution in [0.2, 0.25) is 0 Å². The molecule has 0 bridgehead atoms. The Bertz CT molecular complexity index is 227. The lowest BCUT2D eigenvalue weighted by molar-refractivity contribution is -0.897. The monoisotopic (exact) mass is 171 g/mol. The topological polar surface area (TPSA) is 21.9 Å². The molecule has 1 aliphatic heterocycles. The van der Waals surface area contributed by atoms with E-state index in [0.29, 0.717) is 0 Å². The summed E-state index contributed by atoms with van der Waals surface area (Å²) in [6.45, 7) is 5.95. The van der Waals surface area contributed by atoms with Gasteiger partial charge in [-0.2, -0.15) is 0 Å². The molecule has 62 valence electrons. The molecule has 1 heterocycles. The predicted molar refractivity (Wildman–Crippen MR) is 51.3 cm³/mol. The molecule has 1 fully saturated rings. The zero-order chi connectivity index (χ0) is 8.86. The van der Waals surface area contributed by atoms with Crippen molar-refractivity contribution in [3.8, 4) is 0 Å². The van der Waals surface area contributed by atoms with Crippen molar-refractivity contribution in [2.75, 3.05) is 21.1 Å². The lowest BCUT2D eigenvalue weighted by Crippen LogP contribution is -2.51. The van der Waals surface area contributed by atoms with E-state index in [0.717, 1.165) is 15.0 Å². The van der Waals surface area contributed by atoms with Crippen LogP contribution in [-0.4, -0.2) is 36.3 Å². The maximum atomic E-state index is 5.12. The first kappa shape index (κ1) is 8.68. The van der Waals surface area contributed by atoms with Crippen LogP contribution < -0.4 is 5.32 Å². The highest BCUT2D eigenvalue weighted by Gasteiger charge is 2.61. The minimum atomic E-state index is -0.130. The summed E-state index contributed by atoms with van der Waals surface area (Å²) in [6.07, 6.45) is 0. The molecule has 0 aliphatic carbocycles. The zero-order valence-corrected chi connectivity index (χ0v) is 8.38. The summed E-state index contributed by atoms with van der Waals surface area (Å²) in [6, 6.07) is 0. The van der Waals surface area contributed by atoms with Crippen LogP contribution in [-0.2, 0) is 0 Å². The molecule has 0 radical (unpaired) electrons. The molecule has 1 saturated heterocycles. The van der Waals surface area contributed by atoms with E-state index in [2.05, 4.69) is 33.0 Å². The van der Waals surface area contributed by atoms with Crippen LogP contribution in [0, 0.1) is 0 Å². The van der Waals surface area contributed by atoms with Gasteiger partial charge in [-0.05, 0) is 6.92 Å². The minimum absolute atomic E-state index is 0.130. The van der Waals surface area contributed by atoms with E-state index < -0.39 is 0 Å². The van der Waals surface area contributed by atoms with Gasteiger partial charge < -0.3 is 5.32 Å². The Labute approximate surface area is 73.5 Å². The van der Waals surface area contributed by atoms with Gasteiger partial charge in [0.25, 0.3) is 0 Å². The van der Waals surface area contributed by atoms with Crippen molar-refractivity contribution in [2.45, 2.75) is 12.6 Å². The van der Waals surface area contributed by atoms with Gasteiger partial charge in [0.2, 0.25) is 5.66 Å². The summed E-state index contributed by atoms with van der Waals surface area (Å²) in [5.41, 5.74) is 0.963. The van der Waals surface area contributed by atoms with E-state index in [-0.39, 0.29) is 5.66 Å². The maximum absolute atomic E-state index is 5.12. The predicted octanol–water partition coefficient (Wildman–Crippen LogP) is 0.896. The van der Waals surface area contributed by atoms with E-state index in [1.807, 2.05) is 6.92 Å². The van der Waals surface area contributed by atoms with E-state index in [1.54, 1.807) is 0 Å². The fraction of sp³-hybridized carbons (Fsp3) is 0.625. The second-order valence-electron chi connectivity index (χ2n) is 3.96. The summed E-state index contributed by atoms with van der Waals surface area (Å²) in [5.74, 6) is 0. The molecule has 1 atom stereocenters. The Morgan fingerprint density at radius 3 is 1.91 bits per heavy atom.